The number of thiazole rings is 1. The Bertz CT molecular complexity index is 1090. The third-order valence-electron chi connectivity index (χ3n) is 3.80. The number of methoxy groups -OCH3 is 1. The van der Waals surface area contributed by atoms with Gasteiger partial charge in [0.1, 0.15) is 5.75 Å². The van der Waals surface area contributed by atoms with Crippen molar-refractivity contribution < 1.29 is 4.74 Å². The van der Waals surface area contributed by atoms with Gasteiger partial charge >= 0.3 is 0 Å². The Hall–Kier alpha value is -3.50. The molecule has 7 heteroatoms. The van der Waals surface area contributed by atoms with Crippen molar-refractivity contribution in [3.63, 3.8) is 0 Å². The molecule has 6 nitrogen and oxygen atoms in total. The second-order valence-electron chi connectivity index (χ2n) is 5.66. The second-order valence-corrected chi connectivity index (χ2v) is 6.55. The number of hydrogen-bond donors (Lipinski definition) is 0. The van der Waals surface area contributed by atoms with Gasteiger partial charge in [0.25, 0.3) is 0 Å². The van der Waals surface area contributed by atoms with E-state index in [-0.39, 0.29) is 0 Å². The van der Waals surface area contributed by atoms with Crippen LogP contribution in [-0.4, -0.2) is 32.3 Å². The van der Waals surface area contributed by atoms with Gasteiger partial charge in [0.15, 0.2) is 5.01 Å². The number of nitrogens with zero attached hydrogens (tertiary/aromatic N) is 5. The van der Waals surface area contributed by atoms with Crippen molar-refractivity contribution >= 4 is 11.3 Å². The van der Waals surface area contributed by atoms with Gasteiger partial charge in [0.2, 0.25) is 5.82 Å². The van der Waals surface area contributed by atoms with Crippen molar-refractivity contribution in [2.75, 3.05) is 7.11 Å². The monoisotopic (exact) mass is 373 g/mol. The third kappa shape index (κ3) is 4.19. The molecule has 2 aromatic carbocycles. The molecule has 2 heterocycles. The van der Waals surface area contributed by atoms with Crippen molar-refractivity contribution in [3.8, 4) is 29.0 Å². The molecule has 0 amide bonds. The molecule has 0 radical (unpaired) electrons. The highest BCUT2D eigenvalue weighted by Crippen LogP contribution is 2.16. The number of tetrazole rings is 1. The molecule has 0 spiro atoms. The smallest absolute Gasteiger partial charge is 0.204 e. The Morgan fingerprint density at radius 3 is 2.78 bits per heavy atom. The van der Waals surface area contributed by atoms with Crippen LogP contribution in [0.15, 0.2) is 60.1 Å². The van der Waals surface area contributed by atoms with Crippen molar-refractivity contribution in [2.24, 2.45) is 0 Å². The Morgan fingerprint density at radius 2 is 2.00 bits per heavy atom. The molecular weight excluding hydrogens is 358 g/mol. The fourth-order valence-corrected chi connectivity index (χ4v) is 2.95. The standard InChI is InChI=1S/C20H15N5OS/c1-26-18-8-5-16(6-9-18)14-25-23-20(22-24-25)17-4-2-3-15(13-17)7-10-19-21-11-12-27-19/h2-6,8-9,11-13H,14H2,1H3. The molecule has 132 valence electrons. The Balaban J connectivity index is 1.51. The maximum Gasteiger partial charge on any atom is 0.204 e. The van der Waals surface area contributed by atoms with Gasteiger partial charge in [-0.15, -0.1) is 21.5 Å². The van der Waals surface area contributed by atoms with Gasteiger partial charge in [-0.3, -0.25) is 0 Å². The predicted octanol–water partition coefficient (Wildman–Crippen LogP) is 3.25. The van der Waals surface area contributed by atoms with E-state index in [1.54, 1.807) is 18.1 Å². The van der Waals surface area contributed by atoms with E-state index in [9.17, 15) is 0 Å². The maximum absolute atomic E-state index is 5.17. The highest BCUT2D eigenvalue weighted by atomic mass is 32.1. The van der Waals surface area contributed by atoms with Gasteiger partial charge in [-0.2, -0.15) is 4.80 Å². The molecular formula is C20H15N5OS. The summed E-state index contributed by atoms with van der Waals surface area (Å²) >= 11 is 1.52. The van der Waals surface area contributed by atoms with E-state index in [1.165, 1.54) is 11.3 Å². The molecule has 0 saturated carbocycles. The molecule has 4 aromatic rings. The molecule has 4 rings (SSSR count). The molecule has 0 aliphatic carbocycles. The minimum Gasteiger partial charge on any atom is -0.497 e. The summed E-state index contributed by atoms with van der Waals surface area (Å²) in [6, 6.07) is 15.6. The average molecular weight is 373 g/mol. The summed E-state index contributed by atoms with van der Waals surface area (Å²) in [4.78, 5) is 5.74. The van der Waals surface area contributed by atoms with Gasteiger partial charge in [0.05, 0.1) is 13.7 Å². The largest absolute Gasteiger partial charge is 0.497 e. The fraction of sp³-hybridized carbons (Fsp3) is 0.100. The van der Waals surface area contributed by atoms with Crippen LogP contribution in [0.5, 0.6) is 5.75 Å². The van der Waals surface area contributed by atoms with Crippen LogP contribution in [0.3, 0.4) is 0 Å². The zero-order valence-corrected chi connectivity index (χ0v) is 15.3. The first-order valence-electron chi connectivity index (χ1n) is 8.23. The molecule has 0 N–H and O–H groups in total. The van der Waals surface area contributed by atoms with Crippen molar-refractivity contribution in [3.05, 3.63) is 76.2 Å². The minimum atomic E-state index is 0.542. The number of hydrogen-bond acceptors (Lipinski definition) is 6. The summed E-state index contributed by atoms with van der Waals surface area (Å²) in [6.07, 6.45) is 1.75. The Morgan fingerprint density at radius 1 is 1.11 bits per heavy atom. The van der Waals surface area contributed by atoms with E-state index in [0.29, 0.717) is 12.4 Å². The van der Waals surface area contributed by atoms with Gasteiger partial charge in [0, 0.05) is 22.7 Å². The summed E-state index contributed by atoms with van der Waals surface area (Å²) in [5, 5.41) is 15.5. The van der Waals surface area contributed by atoms with Crippen LogP contribution in [0.2, 0.25) is 0 Å². The Labute approximate surface area is 160 Å². The van der Waals surface area contributed by atoms with E-state index in [4.69, 9.17) is 4.74 Å². The van der Waals surface area contributed by atoms with E-state index in [2.05, 4.69) is 32.2 Å². The number of rotatable bonds is 4. The molecule has 0 aliphatic heterocycles. The SMILES string of the molecule is COc1ccc(Cn2nnc(-c3cccc(C#Cc4nccs4)c3)n2)cc1. The topological polar surface area (TPSA) is 65.7 Å². The molecule has 0 aliphatic rings. The van der Waals surface area contributed by atoms with Crippen molar-refractivity contribution in [2.45, 2.75) is 6.54 Å². The molecule has 2 aromatic heterocycles. The molecule has 0 saturated heterocycles. The van der Waals surface area contributed by atoms with Gasteiger partial charge in [-0.25, -0.2) is 4.98 Å². The third-order valence-corrected chi connectivity index (χ3v) is 4.49. The fourth-order valence-electron chi connectivity index (χ4n) is 2.47. The van der Waals surface area contributed by atoms with Gasteiger partial charge in [-0.1, -0.05) is 30.2 Å². The lowest BCUT2D eigenvalue weighted by Gasteiger charge is -2.02. The van der Waals surface area contributed by atoms with Crippen LogP contribution < -0.4 is 4.74 Å². The minimum absolute atomic E-state index is 0.542. The molecule has 0 atom stereocenters. The summed E-state index contributed by atoms with van der Waals surface area (Å²) in [6.45, 7) is 0.542. The number of benzene rings is 2. The van der Waals surface area contributed by atoms with Crippen LogP contribution in [0.4, 0.5) is 0 Å². The van der Waals surface area contributed by atoms with E-state index in [0.717, 1.165) is 27.4 Å². The normalized spacial score (nSPS) is 10.3. The summed E-state index contributed by atoms with van der Waals surface area (Å²) in [5.41, 5.74) is 2.83. The van der Waals surface area contributed by atoms with Crippen LogP contribution in [0.25, 0.3) is 11.4 Å². The van der Waals surface area contributed by atoms with Crippen LogP contribution in [0.1, 0.15) is 16.1 Å². The van der Waals surface area contributed by atoms with E-state index >= 15 is 0 Å². The summed E-state index contributed by atoms with van der Waals surface area (Å²) in [7, 11) is 1.65. The summed E-state index contributed by atoms with van der Waals surface area (Å²) < 4.78 is 5.17. The molecule has 0 unspecified atom stereocenters. The predicted molar refractivity (Wildman–Crippen MR) is 103 cm³/mol. The maximum atomic E-state index is 5.17. The molecule has 27 heavy (non-hydrogen) atoms. The highest BCUT2D eigenvalue weighted by molar-refractivity contribution is 7.10. The first-order valence-corrected chi connectivity index (χ1v) is 9.11. The molecule has 0 bridgehead atoms. The van der Waals surface area contributed by atoms with Crippen molar-refractivity contribution in [1.82, 2.24) is 25.2 Å². The van der Waals surface area contributed by atoms with Crippen LogP contribution >= 0.6 is 11.3 Å². The highest BCUT2D eigenvalue weighted by Gasteiger charge is 2.07. The summed E-state index contributed by atoms with van der Waals surface area (Å²) in [5.74, 6) is 7.56. The first-order chi connectivity index (χ1) is 13.3. The van der Waals surface area contributed by atoms with E-state index in [1.807, 2.05) is 53.9 Å². The zero-order valence-electron chi connectivity index (χ0n) is 14.5. The second kappa shape index (κ2) is 7.81. The number of ether oxygens (including phenoxy) is 1. The van der Waals surface area contributed by atoms with Crippen molar-refractivity contribution in [1.29, 1.82) is 0 Å². The average Bonchev–Trinajstić information content (AvgIpc) is 3.39. The van der Waals surface area contributed by atoms with E-state index < -0.39 is 0 Å². The van der Waals surface area contributed by atoms with Crippen LogP contribution in [0, 0.1) is 11.8 Å². The van der Waals surface area contributed by atoms with Crippen LogP contribution in [-0.2, 0) is 6.54 Å². The lowest BCUT2D eigenvalue weighted by molar-refractivity contribution is 0.414. The Kier molecular flexibility index (Phi) is 4.90. The lowest BCUT2D eigenvalue weighted by atomic mass is 10.1. The van der Waals surface area contributed by atoms with Gasteiger partial charge in [-0.05, 0) is 41.0 Å². The van der Waals surface area contributed by atoms with Gasteiger partial charge < -0.3 is 4.74 Å². The number of aromatic nitrogens is 5. The first kappa shape index (κ1) is 16.9. The lowest BCUT2D eigenvalue weighted by Crippen LogP contribution is -2.04. The zero-order chi connectivity index (χ0) is 18.5. The molecule has 0 fully saturated rings. The quantitative estimate of drug-likeness (QED) is 0.514.